The molecule has 0 saturated carbocycles. The van der Waals surface area contributed by atoms with Gasteiger partial charge in [0, 0.05) is 25.2 Å². The Kier molecular flexibility index (Phi) is 3.39. The summed E-state index contributed by atoms with van der Waals surface area (Å²) in [4.78, 5) is 1.91. The summed E-state index contributed by atoms with van der Waals surface area (Å²) >= 11 is 0. The van der Waals surface area contributed by atoms with Gasteiger partial charge >= 0.3 is 0 Å². The highest BCUT2D eigenvalue weighted by Gasteiger charge is 2.17. The van der Waals surface area contributed by atoms with Gasteiger partial charge in [-0.3, -0.25) is 0 Å². The van der Waals surface area contributed by atoms with Crippen molar-refractivity contribution in [3.63, 3.8) is 0 Å². The highest BCUT2D eigenvalue weighted by Crippen LogP contribution is 2.21. The van der Waals surface area contributed by atoms with Crippen LogP contribution in [0.25, 0.3) is 0 Å². The minimum atomic E-state index is -0.388. The van der Waals surface area contributed by atoms with Gasteiger partial charge in [0.2, 0.25) is 0 Å². The fourth-order valence-electron chi connectivity index (χ4n) is 2.05. The number of hydrogen-bond donors (Lipinski definition) is 1. The molecule has 16 heavy (non-hydrogen) atoms. The third kappa shape index (κ3) is 2.50. The maximum absolute atomic E-state index is 13.6. The SMILES string of the molecule is CC1CN(c2cc(F)ccc2F)CCCN1. The minimum Gasteiger partial charge on any atom is -0.367 e. The molecule has 1 fully saturated rings. The van der Waals surface area contributed by atoms with Crippen molar-refractivity contribution < 1.29 is 8.78 Å². The number of benzene rings is 1. The van der Waals surface area contributed by atoms with E-state index in [1.807, 2.05) is 4.90 Å². The van der Waals surface area contributed by atoms with Crippen molar-refractivity contribution in [3.05, 3.63) is 29.8 Å². The number of nitrogens with zero attached hydrogens (tertiary/aromatic N) is 1. The van der Waals surface area contributed by atoms with Gasteiger partial charge in [-0.2, -0.15) is 0 Å². The molecule has 0 aromatic heterocycles. The standard InChI is InChI=1S/C12H16F2N2/c1-9-8-16(6-2-5-15-9)12-7-10(13)3-4-11(12)14/h3-4,7,9,15H,2,5-6,8H2,1H3. The van der Waals surface area contributed by atoms with E-state index in [1.54, 1.807) is 0 Å². The fourth-order valence-corrected chi connectivity index (χ4v) is 2.05. The molecule has 1 aromatic carbocycles. The van der Waals surface area contributed by atoms with Crippen molar-refractivity contribution in [2.45, 2.75) is 19.4 Å². The van der Waals surface area contributed by atoms with E-state index < -0.39 is 0 Å². The molecule has 2 nitrogen and oxygen atoms in total. The molecule has 0 aliphatic carbocycles. The fraction of sp³-hybridized carbons (Fsp3) is 0.500. The van der Waals surface area contributed by atoms with Gasteiger partial charge in [0.15, 0.2) is 0 Å². The van der Waals surface area contributed by atoms with Crippen molar-refractivity contribution in [1.82, 2.24) is 5.32 Å². The Hall–Kier alpha value is -1.16. The van der Waals surface area contributed by atoms with Crippen LogP contribution in [0.4, 0.5) is 14.5 Å². The third-order valence-electron chi connectivity index (χ3n) is 2.84. The highest BCUT2D eigenvalue weighted by molar-refractivity contribution is 5.48. The van der Waals surface area contributed by atoms with E-state index in [1.165, 1.54) is 12.1 Å². The van der Waals surface area contributed by atoms with Gasteiger partial charge in [-0.15, -0.1) is 0 Å². The maximum atomic E-state index is 13.6. The monoisotopic (exact) mass is 226 g/mol. The third-order valence-corrected chi connectivity index (χ3v) is 2.84. The van der Waals surface area contributed by atoms with E-state index in [0.717, 1.165) is 25.6 Å². The van der Waals surface area contributed by atoms with Crippen LogP contribution in [0, 0.1) is 11.6 Å². The summed E-state index contributed by atoms with van der Waals surface area (Å²) in [6.07, 6.45) is 0.945. The first-order chi connectivity index (χ1) is 7.66. The Morgan fingerprint density at radius 3 is 3.00 bits per heavy atom. The Balaban J connectivity index is 2.24. The zero-order chi connectivity index (χ0) is 11.5. The van der Waals surface area contributed by atoms with Crippen LogP contribution in [-0.2, 0) is 0 Å². The molecule has 0 amide bonds. The molecule has 4 heteroatoms. The van der Waals surface area contributed by atoms with Crippen LogP contribution in [0.5, 0.6) is 0 Å². The zero-order valence-corrected chi connectivity index (χ0v) is 9.34. The van der Waals surface area contributed by atoms with Crippen LogP contribution in [0.15, 0.2) is 18.2 Å². The van der Waals surface area contributed by atoms with Crippen molar-refractivity contribution in [2.24, 2.45) is 0 Å². The van der Waals surface area contributed by atoms with Gasteiger partial charge in [0.25, 0.3) is 0 Å². The molecule has 1 atom stereocenters. The molecular weight excluding hydrogens is 210 g/mol. The molecule has 1 aliphatic rings. The van der Waals surface area contributed by atoms with Gasteiger partial charge in [0.05, 0.1) is 5.69 Å². The van der Waals surface area contributed by atoms with Gasteiger partial charge < -0.3 is 10.2 Å². The molecule has 88 valence electrons. The number of hydrogen-bond acceptors (Lipinski definition) is 2. The predicted octanol–water partition coefficient (Wildman–Crippen LogP) is 2.15. The lowest BCUT2D eigenvalue weighted by atomic mass is 10.2. The van der Waals surface area contributed by atoms with Gasteiger partial charge in [-0.05, 0) is 32.0 Å². The molecule has 0 spiro atoms. The van der Waals surface area contributed by atoms with Crippen LogP contribution in [0.3, 0.4) is 0 Å². The first-order valence-corrected chi connectivity index (χ1v) is 5.60. The molecule has 1 heterocycles. The van der Waals surface area contributed by atoms with Crippen LogP contribution >= 0.6 is 0 Å². The van der Waals surface area contributed by atoms with Crippen molar-refractivity contribution in [2.75, 3.05) is 24.5 Å². The van der Waals surface area contributed by atoms with Crippen LogP contribution in [-0.4, -0.2) is 25.7 Å². The number of rotatable bonds is 1. The molecule has 1 aromatic rings. The quantitative estimate of drug-likeness (QED) is 0.789. The largest absolute Gasteiger partial charge is 0.367 e. The van der Waals surface area contributed by atoms with Crippen LogP contribution in [0.2, 0.25) is 0 Å². The van der Waals surface area contributed by atoms with Crippen molar-refractivity contribution in [3.8, 4) is 0 Å². The van der Waals surface area contributed by atoms with E-state index in [-0.39, 0.29) is 11.6 Å². The molecular formula is C12H16F2N2. The number of nitrogens with one attached hydrogen (secondary N) is 1. The zero-order valence-electron chi connectivity index (χ0n) is 9.34. The second-order valence-electron chi connectivity index (χ2n) is 4.25. The second-order valence-corrected chi connectivity index (χ2v) is 4.25. The summed E-state index contributed by atoms with van der Waals surface area (Å²) in [5.74, 6) is -0.739. The van der Waals surface area contributed by atoms with E-state index in [9.17, 15) is 8.78 Å². The van der Waals surface area contributed by atoms with E-state index in [2.05, 4.69) is 12.2 Å². The highest BCUT2D eigenvalue weighted by atomic mass is 19.1. The Morgan fingerprint density at radius 2 is 2.19 bits per heavy atom. The molecule has 1 aliphatic heterocycles. The Morgan fingerprint density at radius 1 is 1.38 bits per heavy atom. The van der Waals surface area contributed by atoms with Gasteiger partial charge in [-0.25, -0.2) is 8.78 Å². The minimum absolute atomic E-state index is 0.296. The van der Waals surface area contributed by atoms with Gasteiger partial charge in [0.1, 0.15) is 11.6 Å². The molecule has 2 rings (SSSR count). The van der Waals surface area contributed by atoms with E-state index in [0.29, 0.717) is 18.3 Å². The number of halogens is 2. The lowest BCUT2D eigenvalue weighted by Crippen LogP contribution is -2.35. The lowest BCUT2D eigenvalue weighted by Gasteiger charge is -2.25. The topological polar surface area (TPSA) is 15.3 Å². The Labute approximate surface area is 94.3 Å². The average molecular weight is 226 g/mol. The summed E-state index contributed by atoms with van der Waals surface area (Å²) in [5.41, 5.74) is 0.371. The van der Waals surface area contributed by atoms with E-state index >= 15 is 0 Å². The first-order valence-electron chi connectivity index (χ1n) is 5.60. The molecule has 1 unspecified atom stereocenters. The summed E-state index contributed by atoms with van der Waals surface area (Å²) < 4.78 is 26.7. The van der Waals surface area contributed by atoms with E-state index in [4.69, 9.17) is 0 Å². The maximum Gasteiger partial charge on any atom is 0.146 e. The second kappa shape index (κ2) is 4.78. The predicted molar refractivity (Wildman–Crippen MR) is 60.7 cm³/mol. The molecule has 1 saturated heterocycles. The van der Waals surface area contributed by atoms with Crippen LogP contribution < -0.4 is 10.2 Å². The smallest absolute Gasteiger partial charge is 0.146 e. The molecule has 1 N–H and O–H groups in total. The normalized spacial score (nSPS) is 21.9. The summed E-state index contributed by atoms with van der Waals surface area (Å²) in [6.45, 7) is 4.45. The van der Waals surface area contributed by atoms with Crippen molar-refractivity contribution in [1.29, 1.82) is 0 Å². The van der Waals surface area contributed by atoms with Gasteiger partial charge in [-0.1, -0.05) is 0 Å². The summed E-state index contributed by atoms with van der Waals surface area (Å²) in [6, 6.07) is 3.91. The first kappa shape index (κ1) is 11.3. The lowest BCUT2D eigenvalue weighted by molar-refractivity contribution is 0.572. The van der Waals surface area contributed by atoms with Crippen LogP contribution in [0.1, 0.15) is 13.3 Å². The molecule has 0 radical (unpaired) electrons. The average Bonchev–Trinajstić information content (AvgIpc) is 2.46. The summed E-state index contributed by atoms with van der Waals surface area (Å²) in [5, 5.41) is 3.32. The van der Waals surface area contributed by atoms with Crippen molar-refractivity contribution >= 4 is 5.69 Å². The summed E-state index contributed by atoms with van der Waals surface area (Å²) in [7, 11) is 0. The molecule has 0 bridgehead atoms. The number of anilines is 1. The Bertz CT molecular complexity index is 368.